The molecule has 0 saturated heterocycles. The molecule has 0 aliphatic carbocycles. The lowest BCUT2D eigenvalue weighted by atomic mass is 9.88. The van der Waals surface area contributed by atoms with Gasteiger partial charge in [0.05, 0.1) is 6.04 Å². The van der Waals surface area contributed by atoms with Crippen molar-refractivity contribution in [2.24, 2.45) is 5.73 Å². The summed E-state index contributed by atoms with van der Waals surface area (Å²) in [5, 5.41) is 0. The summed E-state index contributed by atoms with van der Waals surface area (Å²) in [5.41, 5.74) is 8.63. The van der Waals surface area contributed by atoms with Crippen molar-refractivity contribution in [2.75, 3.05) is 6.54 Å². The number of nitrogens with zero attached hydrogens (tertiary/aromatic N) is 1. The van der Waals surface area contributed by atoms with Crippen molar-refractivity contribution in [2.45, 2.75) is 12.5 Å². The first-order chi connectivity index (χ1) is 9.66. The molecule has 3 nitrogen and oxygen atoms in total. The van der Waals surface area contributed by atoms with Crippen LogP contribution in [-0.4, -0.2) is 17.5 Å². The molecule has 2 aromatic carbocycles. The van der Waals surface area contributed by atoms with Crippen molar-refractivity contribution in [3.05, 3.63) is 71.0 Å². The Bertz CT molecular complexity index is 639. The van der Waals surface area contributed by atoms with Crippen molar-refractivity contribution >= 4 is 6.03 Å². The first-order valence-electron chi connectivity index (χ1n) is 6.56. The predicted molar refractivity (Wildman–Crippen MR) is 74.7 cm³/mol. The average Bonchev–Trinajstić information content (AvgIpc) is 2.47. The molecular formula is C16H15FN2O. The van der Waals surface area contributed by atoms with Gasteiger partial charge in [-0.1, -0.05) is 36.4 Å². The Morgan fingerprint density at radius 2 is 1.85 bits per heavy atom. The first kappa shape index (κ1) is 12.7. The zero-order valence-corrected chi connectivity index (χ0v) is 10.9. The Morgan fingerprint density at radius 3 is 2.55 bits per heavy atom. The van der Waals surface area contributed by atoms with Crippen LogP contribution in [0.5, 0.6) is 0 Å². The third-order valence-electron chi connectivity index (χ3n) is 3.75. The van der Waals surface area contributed by atoms with Crippen molar-refractivity contribution < 1.29 is 9.18 Å². The number of primary amides is 1. The fraction of sp³-hybridized carbons (Fsp3) is 0.188. The quantitative estimate of drug-likeness (QED) is 0.851. The van der Waals surface area contributed by atoms with Crippen LogP contribution in [-0.2, 0) is 6.42 Å². The lowest BCUT2D eigenvalue weighted by Crippen LogP contribution is -2.43. The number of urea groups is 1. The van der Waals surface area contributed by atoms with E-state index in [2.05, 4.69) is 6.07 Å². The lowest BCUT2D eigenvalue weighted by Gasteiger charge is -2.36. The monoisotopic (exact) mass is 270 g/mol. The zero-order chi connectivity index (χ0) is 14.1. The van der Waals surface area contributed by atoms with Crippen LogP contribution in [0.4, 0.5) is 9.18 Å². The molecule has 3 rings (SSSR count). The maximum Gasteiger partial charge on any atom is 0.315 e. The standard InChI is InChI=1S/C16H15FN2O/c17-13-7-5-12(6-8-13)15-14-4-2-1-3-11(14)9-10-19(15)16(18)20/h1-8,15H,9-10H2,(H2,18,20)/t15-/m1/s1. The number of rotatable bonds is 1. The van der Waals surface area contributed by atoms with Crippen molar-refractivity contribution in [1.29, 1.82) is 0 Å². The highest BCUT2D eigenvalue weighted by Crippen LogP contribution is 2.34. The van der Waals surface area contributed by atoms with Gasteiger partial charge in [-0.25, -0.2) is 9.18 Å². The summed E-state index contributed by atoms with van der Waals surface area (Å²) in [6.45, 7) is 0.578. The van der Waals surface area contributed by atoms with Crippen LogP contribution in [0, 0.1) is 5.82 Å². The topological polar surface area (TPSA) is 46.3 Å². The van der Waals surface area contributed by atoms with Crippen LogP contribution in [0.25, 0.3) is 0 Å². The van der Waals surface area contributed by atoms with E-state index in [1.54, 1.807) is 17.0 Å². The van der Waals surface area contributed by atoms with E-state index in [0.29, 0.717) is 6.54 Å². The summed E-state index contributed by atoms with van der Waals surface area (Å²) in [6, 6.07) is 13.5. The minimum absolute atomic E-state index is 0.238. The van der Waals surface area contributed by atoms with Crippen LogP contribution in [0.2, 0.25) is 0 Å². The molecule has 0 aromatic heterocycles. The summed E-state index contributed by atoms with van der Waals surface area (Å²) in [5.74, 6) is -0.288. The Morgan fingerprint density at radius 1 is 1.15 bits per heavy atom. The molecule has 0 bridgehead atoms. The van der Waals surface area contributed by atoms with Crippen molar-refractivity contribution in [3.63, 3.8) is 0 Å². The summed E-state index contributed by atoms with van der Waals surface area (Å²) in [7, 11) is 0. The fourth-order valence-corrected chi connectivity index (χ4v) is 2.81. The van der Waals surface area contributed by atoms with Crippen LogP contribution in [0.1, 0.15) is 22.7 Å². The maximum absolute atomic E-state index is 13.1. The Kier molecular flexibility index (Phi) is 3.14. The van der Waals surface area contributed by atoms with Crippen LogP contribution in [0.15, 0.2) is 48.5 Å². The minimum Gasteiger partial charge on any atom is -0.351 e. The van der Waals surface area contributed by atoms with E-state index in [9.17, 15) is 9.18 Å². The number of halogens is 1. The summed E-state index contributed by atoms with van der Waals surface area (Å²) >= 11 is 0. The smallest absolute Gasteiger partial charge is 0.315 e. The van der Waals surface area contributed by atoms with Gasteiger partial charge in [0.2, 0.25) is 0 Å². The zero-order valence-electron chi connectivity index (χ0n) is 10.9. The highest BCUT2D eigenvalue weighted by molar-refractivity contribution is 5.74. The number of hydrogen-bond donors (Lipinski definition) is 1. The van der Waals surface area contributed by atoms with Crippen molar-refractivity contribution in [3.8, 4) is 0 Å². The van der Waals surface area contributed by atoms with Crippen LogP contribution >= 0.6 is 0 Å². The Labute approximate surface area is 116 Å². The van der Waals surface area contributed by atoms with Gasteiger partial charge in [-0.05, 0) is 35.2 Å². The molecule has 0 radical (unpaired) electrons. The van der Waals surface area contributed by atoms with E-state index in [0.717, 1.165) is 17.5 Å². The molecule has 0 fully saturated rings. The van der Waals surface area contributed by atoms with Gasteiger partial charge in [-0.15, -0.1) is 0 Å². The minimum atomic E-state index is -0.450. The van der Waals surface area contributed by atoms with Crippen LogP contribution < -0.4 is 5.73 Å². The molecular weight excluding hydrogens is 255 g/mol. The molecule has 1 aliphatic rings. The predicted octanol–water partition coefficient (Wildman–Crippen LogP) is 2.85. The molecule has 2 N–H and O–H groups in total. The van der Waals surface area contributed by atoms with Gasteiger partial charge in [0.25, 0.3) is 0 Å². The number of fused-ring (bicyclic) bond motifs is 1. The lowest BCUT2D eigenvalue weighted by molar-refractivity contribution is 0.190. The average molecular weight is 270 g/mol. The number of benzene rings is 2. The number of hydrogen-bond acceptors (Lipinski definition) is 1. The Hall–Kier alpha value is -2.36. The SMILES string of the molecule is NC(=O)N1CCc2ccccc2[C@H]1c1ccc(F)cc1. The van der Waals surface area contributed by atoms with Gasteiger partial charge in [-0.2, -0.15) is 0 Å². The normalized spacial score (nSPS) is 17.6. The second-order valence-electron chi connectivity index (χ2n) is 4.93. The molecule has 20 heavy (non-hydrogen) atoms. The van der Waals surface area contributed by atoms with Crippen LogP contribution in [0.3, 0.4) is 0 Å². The second kappa shape index (κ2) is 4.96. The maximum atomic E-state index is 13.1. The largest absolute Gasteiger partial charge is 0.351 e. The van der Waals surface area contributed by atoms with E-state index in [-0.39, 0.29) is 11.9 Å². The van der Waals surface area contributed by atoms with E-state index in [1.165, 1.54) is 17.7 Å². The summed E-state index contributed by atoms with van der Waals surface area (Å²) in [6.07, 6.45) is 0.789. The molecule has 0 spiro atoms. The van der Waals surface area contributed by atoms with Gasteiger partial charge in [-0.3, -0.25) is 0 Å². The van der Waals surface area contributed by atoms with E-state index in [4.69, 9.17) is 5.73 Å². The molecule has 0 saturated carbocycles. The Balaban J connectivity index is 2.11. The van der Waals surface area contributed by atoms with Gasteiger partial charge >= 0.3 is 6.03 Å². The fourth-order valence-electron chi connectivity index (χ4n) is 2.81. The molecule has 4 heteroatoms. The number of carbonyl (C=O) groups is 1. The van der Waals surface area contributed by atoms with E-state index >= 15 is 0 Å². The summed E-state index contributed by atoms with van der Waals surface area (Å²) < 4.78 is 13.1. The van der Waals surface area contributed by atoms with Gasteiger partial charge in [0.15, 0.2) is 0 Å². The first-order valence-corrected chi connectivity index (χ1v) is 6.56. The van der Waals surface area contributed by atoms with Gasteiger partial charge < -0.3 is 10.6 Å². The van der Waals surface area contributed by atoms with E-state index < -0.39 is 6.03 Å². The van der Waals surface area contributed by atoms with Gasteiger partial charge in [0, 0.05) is 6.54 Å². The summed E-state index contributed by atoms with van der Waals surface area (Å²) in [4.78, 5) is 13.3. The highest BCUT2D eigenvalue weighted by Gasteiger charge is 2.30. The van der Waals surface area contributed by atoms with Gasteiger partial charge in [0.1, 0.15) is 5.82 Å². The molecule has 1 heterocycles. The molecule has 2 amide bonds. The number of carbonyl (C=O) groups excluding carboxylic acids is 1. The van der Waals surface area contributed by atoms with E-state index in [1.807, 2.05) is 18.2 Å². The molecule has 2 aromatic rings. The molecule has 102 valence electrons. The van der Waals surface area contributed by atoms with Crippen molar-refractivity contribution in [1.82, 2.24) is 4.90 Å². The molecule has 1 atom stereocenters. The molecule has 1 aliphatic heterocycles. The molecule has 0 unspecified atom stereocenters. The third kappa shape index (κ3) is 2.13. The second-order valence-corrected chi connectivity index (χ2v) is 4.93. The highest BCUT2D eigenvalue weighted by atomic mass is 19.1. The number of nitrogens with two attached hydrogens (primary N) is 1. The third-order valence-corrected chi connectivity index (χ3v) is 3.75. The number of amides is 2.